The van der Waals surface area contributed by atoms with E-state index in [9.17, 15) is 5.11 Å². The minimum atomic E-state index is -0.684. The molecule has 1 fully saturated rings. The zero-order chi connectivity index (χ0) is 19.8. The number of fused-ring (bicyclic) bond motifs is 1. The van der Waals surface area contributed by atoms with Gasteiger partial charge in [0.05, 0.1) is 5.60 Å². The van der Waals surface area contributed by atoms with Crippen molar-refractivity contribution in [2.75, 3.05) is 6.26 Å². The molecule has 3 nitrogen and oxygen atoms in total. The number of rotatable bonds is 4. The van der Waals surface area contributed by atoms with Crippen molar-refractivity contribution in [3.05, 3.63) is 89.3 Å². The molecule has 1 saturated carbocycles. The number of ether oxygens (including phenoxy) is 1. The van der Waals surface area contributed by atoms with Crippen LogP contribution in [0.3, 0.4) is 0 Å². The summed E-state index contributed by atoms with van der Waals surface area (Å²) in [6.07, 6.45) is 12.1. The van der Waals surface area contributed by atoms with Gasteiger partial charge >= 0.3 is 0 Å². The monoisotopic (exact) mass is 403 g/mol. The van der Waals surface area contributed by atoms with E-state index >= 15 is 0 Å². The summed E-state index contributed by atoms with van der Waals surface area (Å²) in [6.45, 7) is 0. The largest absolute Gasteiger partial charge is 0.458 e. The summed E-state index contributed by atoms with van der Waals surface area (Å²) in [4.78, 5) is 1.24. The minimum absolute atomic E-state index is 0.0310. The molecule has 148 valence electrons. The molecule has 1 aliphatic carbocycles. The van der Waals surface area contributed by atoms with Gasteiger partial charge in [-0.05, 0) is 66.8 Å². The smallest absolute Gasteiger partial charge is 0.138 e. The van der Waals surface area contributed by atoms with E-state index < -0.39 is 5.60 Å². The molecule has 2 aliphatic heterocycles. The molecular formula is C25H25NO2S. The Balaban J connectivity index is 1.47. The van der Waals surface area contributed by atoms with Gasteiger partial charge in [-0.2, -0.15) is 0 Å². The van der Waals surface area contributed by atoms with Crippen LogP contribution in [-0.4, -0.2) is 17.4 Å². The summed E-state index contributed by atoms with van der Waals surface area (Å²) in [5.41, 5.74) is 3.58. The van der Waals surface area contributed by atoms with E-state index in [1.807, 2.05) is 12.3 Å². The standard InChI is InChI=1S/C25H25NO2S/c1-29-20-9-7-17(8-10-20)23-16-22-24(28-23)21(11-14-26-22)18-5-4-6-19(15-18)25(27)12-2-3-13-25/h4-11,14-16,22,26-27H,2-3,12-13H2,1H3. The van der Waals surface area contributed by atoms with Crippen LogP contribution < -0.4 is 5.32 Å². The maximum atomic E-state index is 11.0. The summed E-state index contributed by atoms with van der Waals surface area (Å²) in [7, 11) is 0. The third-order valence-corrected chi connectivity index (χ3v) is 6.87. The Morgan fingerprint density at radius 2 is 1.86 bits per heavy atom. The molecule has 0 amide bonds. The summed E-state index contributed by atoms with van der Waals surface area (Å²) in [5.74, 6) is 1.81. The van der Waals surface area contributed by atoms with Gasteiger partial charge in [0.15, 0.2) is 0 Å². The zero-order valence-corrected chi connectivity index (χ0v) is 17.3. The molecule has 0 radical (unpaired) electrons. The van der Waals surface area contributed by atoms with Crippen LogP contribution in [0.15, 0.2) is 77.5 Å². The lowest BCUT2D eigenvalue weighted by atomic mass is 9.89. The highest BCUT2D eigenvalue weighted by molar-refractivity contribution is 7.98. The first-order valence-corrected chi connectivity index (χ1v) is 11.4. The summed E-state index contributed by atoms with van der Waals surface area (Å²) >= 11 is 1.74. The summed E-state index contributed by atoms with van der Waals surface area (Å²) in [6, 6.07) is 16.8. The van der Waals surface area contributed by atoms with Crippen molar-refractivity contribution in [1.82, 2.24) is 5.32 Å². The van der Waals surface area contributed by atoms with Gasteiger partial charge in [0.2, 0.25) is 0 Å². The fourth-order valence-electron chi connectivity index (χ4n) is 4.48. The molecule has 3 aliphatic rings. The number of nitrogens with one attached hydrogen (secondary N) is 1. The van der Waals surface area contributed by atoms with Crippen molar-refractivity contribution in [1.29, 1.82) is 0 Å². The van der Waals surface area contributed by atoms with Gasteiger partial charge in [0.25, 0.3) is 0 Å². The highest BCUT2D eigenvalue weighted by Crippen LogP contribution is 2.41. The average Bonchev–Trinajstić information content (AvgIpc) is 3.41. The predicted octanol–water partition coefficient (Wildman–Crippen LogP) is 5.44. The zero-order valence-electron chi connectivity index (χ0n) is 16.5. The topological polar surface area (TPSA) is 41.5 Å². The third-order valence-electron chi connectivity index (χ3n) is 6.13. The van der Waals surface area contributed by atoms with Crippen LogP contribution in [0.4, 0.5) is 0 Å². The van der Waals surface area contributed by atoms with Crippen LogP contribution in [0.1, 0.15) is 42.4 Å². The first-order valence-electron chi connectivity index (χ1n) is 10.2. The van der Waals surface area contributed by atoms with Gasteiger partial charge in [-0.15, -0.1) is 11.8 Å². The van der Waals surface area contributed by atoms with Crippen molar-refractivity contribution in [3.63, 3.8) is 0 Å². The summed E-state index contributed by atoms with van der Waals surface area (Å²) in [5, 5.41) is 14.4. The molecule has 2 aromatic rings. The Bertz CT molecular complexity index is 1010. The second-order valence-corrected chi connectivity index (χ2v) is 8.82. The normalized spacial score (nSPS) is 22.1. The molecule has 5 rings (SSSR count). The van der Waals surface area contributed by atoms with Gasteiger partial charge in [-0.25, -0.2) is 0 Å². The van der Waals surface area contributed by atoms with Crippen LogP contribution >= 0.6 is 11.8 Å². The van der Waals surface area contributed by atoms with Gasteiger partial charge in [0.1, 0.15) is 17.6 Å². The average molecular weight is 404 g/mol. The molecule has 2 N–H and O–H groups in total. The van der Waals surface area contributed by atoms with Crippen LogP contribution in [-0.2, 0) is 10.3 Å². The number of hydrogen-bond donors (Lipinski definition) is 2. The first-order chi connectivity index (χ1) is 14.2. The van der Waals surface area contributed by atoms with E-state index in [0.717, 1.165) is 59.5 Å². The van der Waals surface area contributed by atoms with Crippen molar-refractivity contribution >= 4 is 23.1 Å². The molecule has 0 aromatic heterocycles. The quantitative estimate of drug-likeness (QED) is 0.667. The molecule has 4 heteroatoms. The predicted molar refractivity (Wildman–Crippen MR) is 119 cm³/mol. The third kappa shape index (κ3) is 3.41. The molecule has 0 bridgehead atoms. The van der Waals surface area contributed by atoms with Gasteiger partial charge < -0.3 is 15.2 Å². The van der Waals surface area contributed by atoms with E-state index in [1.165, 1.54) is 4.90 Å². The second-order valence-electron chi connectivity index (χ2n) is 7.94. The van der Waals surface area contributed by atoms with Crippen molar-refractivity contribution in [2.24, 2.45) is 0 Å². The highest BCUT2D eigenvalue weighted by Gasteiger charge is 2.34. The van der Waals surface area contributed by atoms with E-state index in [2.05, 4.69) is 66.2 Å². The molecule has 0 saturated heterocycles. The maximum absolute atomic E-state index is 11.0. The first kappa shape index (κ1) is 18.6. The van der Waals surface area contributed by atoms with E-state index in [4.69, 9.17) is 4.74 Å². The minimum Gasteiger partial charge on any atom is -0.458 e. The molecule has 2 aromatic carbocycles. The lowest BCUT2D eigenvalue weighted by molar-refractivity contribution is 0.0444. The Labute approximate surface area is 176 Å². The van der Waals surface area contributed by atoms with Crippen molar-refractivity contribution in [3.8, 4) is 0 Å². The van der Waals surface area contributed by atoms with Gasteiger partial charge in [-0.1, -0.05) is 43.2 Å². The fraction of sp³-hybridized carbons (Fsp3) is 0.280. The number of benzene rings is 2. The molecule has 1 unspecified atom stereocenters. The second kappa shape index (κ2) is 7.43. The number of allylic oxidation sites excluding steroid dienone is 2. The Kier molecular flexibility index (Phi) is 4.76. The lowest BCUT2D eigenvalue weighted by Gasteiger charge is -2.24. The SMILES string of the molecule is CSc1ccc(C2=CC3NC=CC(c4cccc(C5(O)CCCC5)c4)=C3O2)cc1. The Morgan fingerprint density at radius 1 is 1.07 bits per heavy atom. The molecule has 1 atom stereocenters. The number of hydrogen-bond acceptors (Lipinski definition) is 4. The van der Waals surface area contributed by atoms with E-state index in [-0.39, 0.29) is 6.04 Å². The van der Waals surface area contributed by atoms with Gasteiger partial charge in [0, 0.05) is 16.0 Å². The molecule has 29 heavy (non-hydrogen) atoms. The number of thioether (sulfide) groups is 1. The summed E-state index contributed by atoms with van der Waals surface area (Å²) < 4.78 is 6.34. The highest BCUT2D eigenvalue weighted by atomic mass is 32.2. The number of dihydropyridines is 1. The lowest BCUT2D eigenvalue weighted by Crippen LogP contribution is -2.25. The fourth-order valence-corrected chi connectivity index (χ4v) is 4.89. The van der Waals surface area contributed by atoms with Crippen LogP contribution in [0.2, 0.25) is 0 Å². The molecular weight excluding hydrogens is 378 g/mol. The van der Waals surface area contributed by atoms with E-state index in [1.54, 1.807) is 11.8 Å². The molecule has 0 spiro atoms. The van der Waals surface area contributed by atoms with Crippen LogP contribution in [0, 0.1) is 0 Å². The Hall–Kier alpha value is -2.43. The number of aliphatic hydroxyl groups is 1. The molecule has 2 heterocycles. The Morgan fingerprint density at radius 3 is 2.62 bits per heavy atom. The van der Waals surface area contributed by atoms with Crippen molar-refractivity contribution in [2.45, 2.75) is 42.2 Å². The van der Waals surface area contributed by atoms with E-state index in [0.29, 0.717) is 0 Å². The van der Waals surface area contributed by atoms with Crippen LogP contribution in [0.25, 0.3) is 11.3 Å². The maximum Gasteiger partial charge on any atom is 0.138 e. The van der Waals surface area contributed by atoms with Gasteiger partial charge in [-0.3, -0.25) is 0 Å². The van der Waals surface area contributed by atoms with Crippen LogP contribution in [0.5, 0.6) is 0 Å². The van der Waals surface area contributed by atoms with Crippen molar-refractivity contribution < 1.29 is 9.84 Å².